The Bertz CT molecular complexity index is 1160. The fourth-order valence-electron chi connectivity index (χ4n) is 7.12. The van der Waals surface area contributed by atoms with Crippen molar-refractivity contribution in [1.29, 1.82) is 0 Å². The SMILES string of the molecule is COC(=O)C1(O)CCN(c2nc3ccccc3n([C@@H](C)C[C@@H]3CCCN3C3CCCCCCC3)c2=O)CC1. The number of hydrogen-bond acceptors (Lipinski definition) is 7. The Labute approximate surface area is 226 Å². The summed E-state index contributed by atoms with van der Waals surface area (Å²) in [6.45, 7) is 4.10. The zero-order valence-corrected chi connectivity index (χ0v) is 23.1. The quantitative estimate of drug-likeness (QED) is 0.560. The number of anilines is 1. The van der Waals surface area contributed by atoms with Gasteiger partial charge in [0.05, 0.1) is 18.1 Å². The van der Waals surface area contributed by atoms with E-state index in [1.54, 1.807) is 0 Å². The normalized spacial score (nSPS) is 24.2. The first kappa shape index (κ1) is 27.1. The van der Waals surface area contributed by atoms with Crippen LogP contribution in [0.15, 0.2) is 29.1 Å². The van der Waals surface area contributed by atoms with Gasteiger partial charge in [-0.25, -0.2) is 9.78 Å². The second-order valence-corrected chi connectivity index (χ2v) is 11.7. The molecule has 2 aromatic rings. The van der Waals surface area contributed by atoms with Crippen molar-refractivity contribution in [2.45, 2.75) is 108 Å². The molecule has 208 valence electrons. The number of likely N-dealkylation sites (tertiary alicyclic amines) is 1. The molecule has 2 aliphatic heterocycles. The molecule has 0 amide bonds. The van der Waals surface area contributed by atoms with E-state index in [-0.39, 0.29) is 24.4 Å². The third kappa shape index (κ3) is 5.48. The Morgan fingerprint density at radius 3 is 2.45 bits per heavy atom. The first-order valence-corrected chi connectivity index (χ1v) is 14.7. The van der Waals surface area contributed by atoms with Crippen LogP contribution >= 0.6 is 0 Å². The molecular formula is C30H44N4O4. The number of piperidine rings is 1. The van der Waals surface area contributed by atoms with Crippen molar-refractivity contribution >= 4 is 22.8 Å². The lowest BCUT2D eigenvalue weighted by atomic mass is 9.91. The number of fused-ring (bicyclic) bond motifs is 1. The first-order valence-electron chi connectivity index (χ1n) is 14.7. The number of carbonyl (C=O) groups is 1. The van der Waals surface area contributed by atoms with Gasteiger partial charge in [0.2, 0.25) is 0 Å². The summed E-state index contributed by atoms with van der Waals surface area (Å²) < 4.78 is 6.75. The highest BCUT2D eigenvalue weighted by atomic mass is 16.5. The number of aromatic nitrogens is 2. The number of ether oxygens (including phenoxy) is 1. The van der Waals surface area contributed by atoms with Crippen molar-refractivity contribution < 1.29 is 14.6 Å². The maximum absolute atomic E-state index is 14.0. The zero-order valence-electron chi connectivity index (χ0n) is 23.1. The topological polar surface area (TPSA) is 87.9 Å². The summed E-state index contributed by atoms with van der Waals surface area (Å²) in [5.41, 5.74) is 0.0748. The minimum absolute atomic E-state index is 0.0325. The van der Waals surface area contributed by atoms with Crippen LogP contribution in [0.25, 0.3) is 11.0 Å². The summed E-state index contributed by atoms with van der Waals surface area (Å²) in [6.07, 6.45) is 13.2. The number of para-hydroxylation sites is 2. The Balaban J connectivity index is 1.39. The Morgan fingerprint density at radius 2 is 1.74 bits per heavy atom. The number of rotatable bonds is 6. The van der Waals surface area contributed by atoms with Crippen LogP contribution in [-0.4, -0.2) is 70.0 Å². The molecule has 1 aromatic carbocycles. The van der Waals surface area contributed by atoms with Gasteiger partial charge in [0, 0.05) is 44.1 Å². The second kappa shape index (κ2) is 11.7. The van der Waals surface area contributed by atoms with Crippen LogP contribution in [-0.2, 0) is 9.53 Å². The number of esters is 1. The van der Waals surface area contributed by atoms with Gasteiger partial charge in [0.1, 0.15) is 0 Å². The van der Waals surface area contributed by atoms with Gasteiger partial charge in [0.15, 0.2) is 11.4 Å². The van der Waals surface area contributed by atoms with E-state index in [0.29, 0.717) is 31.0 Å². The molecule has 1 aliphatic carbocycles. The highest BCUT2D eigenvalue weighted by Gasteiger charge is 2.41. The summed E-state index contributed by atoms with van der Waals surface area (Å²) in [5.74, 6) is -0.203. The summed E-state index contributed by atoms with van der Waals surface area (Å²) in [5, 5.41) is 10.7. The molecule has 8 heteroatoms. The third-order valence-electron chi connectivity index (χ3n) is 9.25. The van der Waals surface area contributed by atoms with Gasteiger partial charge in [-0.15, -0.1) is 0 Å². The van der Waals surface area contributed by atoms with E-state index in [0.717, 1.165) is 17.5 Å². The lowest BCUT2D eigenvalue weighted by molar-refractivity contribution is -0.164. The highest BCUT2D eigenvalue weighted by molar-refractivity contribution is 5.80. The maximum atomic E-state index is 14.0. The van der Waals surface area contributed by atoms with E-state index in [1.807, 2.05) is 33.7 Å². The average Bonchev–Trinajstić information content (AvgIpc) is 3.36. The second-order valence-electron chi connectivity index (χ2n) is 11.7. The van der Waals surface area contributed by atoms with Gasteiger partial charge in [-0.3, -0.25) is 9.69 Å². The number of methoxy groups -OCH3 is 1. The van der Waals surface area contributed by atoms with Crippen LogP contribution in [0.5, 0.6) is 0 Å². The van der Waals surface area contributed by atoms with E-state index < -0.39 is 11.6 Å². The van der Waals surface area contributed by atoms with Crippen LogP contribution in [0.3, 0.4) is 0 Å². The van der Waals surface area contributed by atoms with E-state index in [2.05, 4.69) is 11.8 Å². The molecule has 2 atom stereocenters. The first-order chi connectivity index (χ1) is 18.4. The minimum Gasteiger partial charge on any atom is -0.467 e. The standard InChI is InChI=1S/C30H44N4O4/c1-22(21-24-13-10-18-33(24)23-11-6-4-3-5-7-12-23)34-26-15-9-8-14-25(26)31-27(28(34)35)32-19-16-30(37,17-20-32)29(36)38-2/h8-9,14-15,22-24,37H,3-7,10-13,16-21H2,1-2H3/t22-,24-/m0/s1. The molecule has 38 heavy (non-hydrogen) atoms. The number of hydrogen-bond donors (Lipinski definition) is 1. The van der Waals surface area contributed by atoms with Crippen LogP contribution in [0.4, 0.5) is 5.82 Å². The largest absolute Gasteiger partial charge is 0.467 e. The molecule has 8 nitrogen and oxygen atoms in total. The Hall–Kier alpha value is -2.45. The molecule has 3 aliphatic rings. The number of nitrogens with zero attached hydrogens (tertiary/aromatic N) is 4. The summed E-state index contributed by atoms with van der Waals surface area (Å²) in [4.78, 5) is 35.6. The zero-order chi connectivity index (χ0) is 26.7. The van der Waals surface area contributed by atoms with Crippen molar-refractivity contribution in [3.05, 3.63) is 34.6 Å². The molecule has 1 saturated carbocycles. The smallest absolute Gasteiger partial charge is 0.337 e. The van der Waals surface area contributed by atoms with Gasteiger partial charge in [-0.05, 0) is 57.7 Å². The van der Waals surface area contributed by atoms with Crippen molar-refractivity contribution in [2.75, 3.05) is 31.6 Å². The fourth-order valence-corrected chi connectivity index (χ4v) is 7.12. The van der Waals surface area contributed by atoms with Crippen molar-refractivity contribution in [2.24, 2.45) is 0 Å². The van der Waals surface area contributed by atoms with E-state index in [9.17, 15) is 14.7 Å². The minimum atomic E-state index is -1.50. The van der Waals surface area contributed by atoms with E-state index >= 15 is 0 Å². The van der Waals surface area contributed by atoms with E-state index in [1.165, 1.54) is 71.4 Å². The van der Waals surface area contributed by atoms with E-state index in [4.69, 9.17) is 9.72 Å². The van der Waals surface area contributed by atoms with Crippen LogP contribution in [0.2, 0.25) is 0 Å². The van der Waals surface area contributed by atoms with Gasteiger partial charge in [-0.1, -0.05) is 44.2 Å². The molecule has 0 radical (unpaired) electrons. The molecule has 3 fully saturated rings. The average molecular weight is 525 g/mol. The van der Waals surface area contributed by atoms with Crippen LogP contribution < -0.4 is 10.5 Å². The highest BCUT2D eigenvalue weighted by Crippen LogP contribution is 2.33. The summed E-state index contributed by atoms with van der Waals surface area (Å²) in [6, 6.07) is 9.10. The predicted octanol–water partition coefficient (Wildman–Crippen LogP) is 4.43. The summed E-state index contributed by atoms with van der Waals surface area (Å²) in [7, 11) is 1.29. The van der Waals surface area contributed by atoms with Gasteiger partial charge < -0.3 is 19.3 Å². The monoisotopic (exact) mass is 524 g/mol. The summed E-state index contributed by atoms with van der Waals surface area (Å²) >= 11 is 0. The number of carbonyl (C=O) groups excluding carboxylic acids is 1. The van der Waals surface area contributed by atoms with Gasteiger partial charge in [-0.2, -0.15) is 0 Å². The van der Waals surface area contributed by atoms with Gasteiger partial charge >= 0.3 is 5.97 Å². The maximum Gasteiger partial charge on any atom is 0.337 e. The molecule has 1 aromatic heterocycles. The van der Waals surface area contributed by atoms with Crippen molar-refractivity contribution in [3.8, 4) is 0 Å². The predicted molar refractivity (Wildman–Crippen MR) is 150 cm³/mol. The number of aliphatic hydroxyl groups is 1. The molecule has 0 unspecified atom stereocenters. The molecule has 0 spiro atoms. The van der Waals surface area contributed by atoms with Crippen LogP contribution in [0.1, 0.15) is 90.0 Å². The number of benzene rings is 1. The molecule has 3 heterocycles. The Morgan fingerprint density at radius 1 is 1.05 bits per heavy atom. The molecular weight excluding hydrogens is 480 g/mol. The Kier molecular flexibility index (Phi) is 8.38. The fraction of sp³-hybridized carbons (Fsp3) is 0.700. The molecule has 5 rings (SSSR count). The van der Waals surface area contributed by atoms with Crippen molar-refractivity contribution in [3.63, 3.8) is 0 Å². The third-order valence-corrected chi connectivity index (χ3v) is 9.25. The van der Waals surface area contributed by atoms with Crippen molar-refractivity contribution in [1.82, 2.24) is 14.5 Å². The lowest BCUT2D eigenvalue weighted by Gasteiger charge is -2.37. The lowest BCUT2D eigenvalue weighted by Crippen LogP contribution is -2.51. The molecule has 0 bridgehead atoms. The van der Waals surface area contributed by atoms with Gasteiger partial charge in [0.25, 0.3) is 5.56 Å². The van der Waals surface area contributed by atoms with Crippen LogP contribution in [0, 0.1) is 0 Å². The molecule has 1 N–H and O–H groups in total. The molecule has 2 saturated heterocycles.